The second-order valence-corrected chi connectivity index (χ2v) is 4.70. The smallest absolute Gasteiger partial charge is 0.0472 e. The summed E-state index contributed by atoms with van der Waals surface area (Å²) >= 11 is 0. The van der Waals surface area contributed by atoms with Gasteiger partial charge in [0.05, 0.1) is 0 Å². The lowest BCUT2D eigenvalue weighted by molar-refractivity contribution is 0.300. The van der Waals surface area contributed by atoms with Gasteiger partial charge >= 0.3 is 0 Å². The van der Waals surface area contributed by atoms with Gasteiger partial charge in [-0.15, -0.1) is 0 Å². The van der Waals surface area contributed by atoms with Gasteiger partial charge in [-0.1, -0.05) is 6.07 Å². The molecular formula is C15H20N4O. The molecule has 0 heterocycles. The summed E-state index contributed by atoms with van der Waals surface area (Å²) in [7, 11) is 0. The van der Waals surface area contributed by atoms with Crippen molar-refractivity contribution in [1.82, 2.24) is 0 Å². The fourth-order valence-electron chi connectivity index (χ4n) is 2.03. The molecule has 0 aliphatic rings. The third kappa shape index (κ3) is 3.33. The van der Waals surface area contributed by atoms with E-state index in [-0.39, 0.29) is 6.61 Å². The van der Waals surface area contributed by atoms with Gasteiger partial charge in [-0.25, -0.2) is 0 Å². The Kier molecular flexibility index (Phi) is 4.32. The van der Waals surface area contributed by atoms with Crippen molar-refractivity contribution in [2.75, 3.05) is 29.1 Å². The summed E-state index contributed by atoms with van der Waals surface area (Å²) in [5.74, 6) is 0. The monoisotopic (exact) mass is 272 g/mol. The molecule has 0 aromatic heterocycles. The van der Waals surface area contributed by atoms with Crippen molar-refractivity contribution in [3.63, 3.8) is 0 Å². The van der Waals surface area contributed by atoms with Gasteiger partial charge < -0.3 is 27.6 Å². The van der Waals surface area contributed by atoms with Crippen LogP contribution in [-0.4, -0.2) is 11.7 Å². The van der Waals surface area contributed by atoms with Crippen molar-refractivity contribution >= 4 is 22.7 Å². The second kappa shape index (κ2) is 6.16. The summed E-state index contributed by atoms with van der Waals surface area (Å²) < 4.78 is 0. The molecule has 5 heteroatoms. The quantitative estimate of drug-likeness (QED) is 0.531. The summed E-state index contributed by atoms with van der Waals surface area (Å²) in [5.41, 5.74) is 22.4. The molecule has 0 saturated carbocycles. The number of hydrogen-bond acceptors (Lipinski definition) is 5. The van der Waals surface area contributed by atoms with Gasteiger partial charge in [-0.05, 0) is 47.9 Å². The zero-order valence-corrected chi connectivity index (χ0v) is 11.3. The molecule has 2 rings (SSSR count). The zero-order valence-electron chi connectivity index (χ0n) is 11.3. The maximum Gasteiger partial charge on any atom is 0.0472 e. The summed E-state index contributed by atoms with van der Waals surface area (Å²) in [6.07, 6.45) is 0.564. The molecule has 8 N–H and O–H groups in total. The summed E-state index contributed by atoms with van der Waals surface area (Å²) in [5, 5.41) is 12.2. The van der Waals surface area contributed by atoms with Crippen molar-refractivity contribution in [2.24, 2.45) is 0 Å². The molecule has 0 unspecified atom stereocenters. The van der Waals surface area contributed by atoms with Gasteiger partial charge in [0, 0.05) is 35.9 Å². The van der Waals surface area contributed by atoms with E-state index in [0.29, 0.717) is 30.0 Å². The molecular weight excluding hydrogens is 252 g/mol. The highest BCUT2D eigenvalue weighted by atomic mass is 16.2. The molecule has 0 radical (unpaired) electrons. The Morgan fingerprint density at radius 1 is 0.900 bits per heavy atom. The Morgan fingerprint density at radius 2 is 1.70 bits per heavy atom. The Hall–Kier alpha value is -2.40. The first-order chi connectivity index (χ1) is 9.60. The van der Waals surface area contributed by atoms with Crippen molar-refractivity contribution in [3.8, 4) is 0 Å². The molecule has 0 aliphatic carbocycles. The lowest BCUT2D eigenvalue weighted by Crippen LogP contribution is -2.05. The topological polar surface area (TPSA) is 110 Å². The molecule has 0 saturated heterocycles. The number of aliphatic hydroxyl groups excluding tert-OH is 1. The van der Waals surface area contributed by atoms with E-state index >= 15 is 0 Å². The van der Waals surface area contributed by atoms with Gasteiger partial charge in [-0.3, -0.25) is 0 Å². The number of benzene rings is 2. The molecule has 106 valence electrons. The number of hydrogen-bond donors (Lipinski definition) is 5. The molecule has 0 atom stereocenters. The van der Waals surface area contributed by atoms with E-state index in [2.05, 4.69) is 5.32 Å². The SMILES string of the molecule is Nc1ccc(N)c(CNc2ccc(CCO)c(N)c2)c1. The largest absolute Gasteiger partial charge is 0.399 e. The number of aliphatic hydroxyl groups is 1. The van der Waals surface area contributed by atoms with Crippen LogP contribution in [0.2, 0.25) is 0 Å². The van der Waals surface area contributed by atoms with Crippen molar-refractivity contribution in [3.05, 3.63) is 47.5 Å². The van der Waals surface area contributed by atoms with Crippen molar-refractivity contribution in [2.45, 2.75) is 13.0 Å². The predicted molar refractivity (Wildman–Crippen MR) is 84.2 cm³/mol. The average molecular weight is 272 g/mol. The van der Waals surface area contributed by atoms with E-state index in [1.54, 1.807) is 12.1 Å². The minimum absolute atomic E-state index is 0.0940. The van der Waals surface area contributed by atoms with Gasteiger partial charge in [0.2, 0.25) is 0 Å². The van der Waals surface area contributed by atoms with Crippen LogP contribution < -0.4 is 22.5 Å². The van der Waals surface area contributed by atoms with E-state index in [4.69, 9.17) is 22.3 Å². The number of rotatable bonds is 5. The van der Waals surface area contributed by atoms with E-state index in [1.165, 1.54) is 0 Å². The van der Waals surface area contributed by atoms with Crippen LogP contribution in [0, 0.1) is 0 Å². The normalized spacial score (nSPS) is 10.4. The highest BCUT2D eigenvalue weighted by Gasteiger charge is 2.03. The van der Waals surface area contributed by atoms with Gasteiger partial charge in [0.1, 0.15) is 0 Å². The van der Waals surface area contributed by atoms with Crippen LogP contribution in [-0.2, 0) is 13.0 Å². The fraction of sp³-hybridized carbons (Fsp3) is 0.200. The van der Waals surface area contributed by atoms with Crippen LogP contribution in [0.1, 0.15) is 11.1 Å². The molecule has 0 bridgehead atoms. The predicted octanol–water partition coefficient (Wildman–Crippen LogP) is 1.58. The Morgan fingerprint density at radius 3 is 2.40 bits per heavy atom. The first kappa shape index (κ1) is 14.0. The maximum atomic E-state index is 8.93. The third-order valence-corrected chi connectivity index (χ3v) is 3.18. The first-order valence-electron chi connectivity index (χ1n) is 6.47. The van der Waals surface area contributed by atoms with Crippen molar-refractivity contribution in [1.29, 1.82) is 0 Å². The Balaban J connectivity index is 2.07. The van der Waals surface area contributed by atoms with E-state index in [9.17, 15) is 0 Å². The minimum atomic E-state index is 0.0940. The highest BCUT2D eigenvalue weighted by molar-refractivity contribution is 5.61. The minimum Gasteiger partial charge on any atom is -0.399 e. The molecule has 0 fully saturated rings. The number of nitrogen functional groups attached to an aromatic ring is 3. The van der Waals surface area contributed by atoms with Crippen LogP contribution in [0.25, 0.3) is 0 Å². The average Bonchev–Trinajstić information content (AvgIpc) is 2.43. The van der Waals surface area contributed by atoms with Crippen LogP contribution in [0.3, 0.4) is 0 Å². The van der Waals surface area contributed by atoms with Gasteiger partial charge in [0.25, 0.3) is 0 Å². The third-order valence-electron chi connectivity index (χ3n) is 3.18. The van der Waals surface area contributed by atoms with E-state index in [0.717, 1.165) is 16.8 Å². The van der Waals surface area contributed by atoms with Gasteiger partial charge in [-0.2, -0.15) is 0 Å². The van der Waals surface area contributed by atoms with Crippen LogP contribution >= 0.6 is 0 Å². The second-order valence-electron chi connectivity index (χ2n) is 4.70. The van der Waals surface area contributed by atoms with Crippen LogP contribution in [0.15, 0.2) is 36.4 Å². The molecule has 0 aliphatic heterocycles. The fourth-order valence-corrected chi connectivity index (χ4v) is 2.03. The number of anilines is 4. The lowest BCUT2D eigenvalue weighted by Gasteiger charge is -2.12. The van der Waals surface area contributed by atoms with E-state index in [1.807, 2.05) is 24.3 Å². The Labute approximate surface area is 118 Å². The molecule has 0 spiro atoms. The summed E-state index contributed by atoms with van der Waals surface area (Å²) in [6.45, 7) is 0.673. The van der Waals surface area contributed by atoms with Crippen LogP contribution in [0.4, 0.5) is 22.7 Å². The summed E-state index contributed by atoms with van der Waals surface area (Å²) in [4.78, 5) is 0. The highest BCUT2D eigenvalue weighted by Crippen LogP contribution is 2.21. The molecule has 5 nitrogen and oxygen atoms in total. The molecule has 2 aromatic rings. The number of nitrogens with one attached hydrogen (secondary N) is 1. The van der Waals surface area contributed by atoms with E-state index < -0.39 is 0 Å². The molecule has 20 heavy (non-hydrogen) atoms. The lowest BCUT2D eigenvalue weighted by atomic mass is 10.1. The van der Waals surface area contributed by atoms with Crippen LogP contribution in [0.5, 0.6) is 0 Å². The molecule has 0 amide bonds. The Bertz CT molecular complexity index is 598. The molecule has 2 aromatic carbocycles. The zero-order chi connectivity index (χ0) is 14.5. The van der Waals surface area contributed by atoms with Gasteiger partial charge in [0.15, 0.2) is 0 Å². The standard InChI is InChI=1S/C15H20N4O/c16-12-2-4-14(17)11(7-12)9-19-13-3-1-10(5-6-20)15(18)8-13/h1-4,7-8,19-20H,5-6,9,16-18H2. The first-order valence-corrected chi connectivity index (χ1v) is 6.47. The summed E-state index contributed by atoms with van der Waals surface area (Å²) in [6, 6.07) is 11.1. The van der Waals surface area contributed by atoms with Crippen molar-refractivity contribution < 1.29 is 5.11 Å². The number of nitrogens with two attached hydrogens (primary N) is 3. The maximum absolute atomic E-state index is 8.93.